The molecule has 4 nitrogen and oxygen atoms in total. The second kappa shape index (κ2) is 8.11. The number of hydrogen-bond donors (Lipinski definition) is 1. The van der Waals surface area contributed by atoms with Gasteiger partial charge in [0.05, 0.1) is 6.04 Å². The average molecular weight is 342 g/mol. The molecular weight excluding hydrogens is 320 g/mol. The van der Waals surface area contributed by atoms with Gasteiger partial charge in [0, 0.05) is 30.8 Å². The van der Waals surface area contributed by atoms with Crippen LogP contribution in [0, 0.1) is 0 Å². The first-order valence-electron chi connectivity index (χ1n) is 8.37. The van der Waals surface area contributed by atoms with Gasteiger partial charge in [-0.15, -0.1) is 11.3 Å². The number of nitrogens with zero attached hydrogens (tertiary/aromatic N) is 1. The lowest BCUT2D eigenvalue weighted by atomic mass is 10.1. The van der Waals surface area contributed by atoms with E-state index in [4.69, 9.17) is 0 Å². The third-order valence-corrected chi connectivity index (χ3v) is 5.23. The topological polar surface area (TPSA) is 49.4 Å². The maximum Gasteiger partial charge on any atom is 0.222 e. The van der Waals surface area contributed by atoms with Crippen molar-refractivity contribution < 1.29 is 9.59 Å². The third-order valence-electron chi connectivity index (χ3n) is 4.29. The van der Waals surface area contributed by atoms with Crippen molar-refractivity contribution in [2.75, 3.05) is 13.1 Å². The lowest BCUT2D eigenvalue weighted by Gasteiger charge is -2.25. The van der Waals surface area contributed by atoms with E-state index in [0.29, 0.717) is 19.4 Å². The van der Waals surface area contributed by atoms with Crippen molar-refractivity contribution in [3.8, 4) is 0 Å². The first kappa shape index (κ1) is 16.7. The lowest BCUT2D eigenvalue weighted by Crippen LogP contribution is -2.38. The fourth-order valence-corrected chi connectivity index (χ4v) is 3.70. The highest BCUT2D eigenvalue weighted by atomic mass is 32.1. The number of likely N-dealkylation sites (tertiary alicyclic amines) is 1. The number of aryl methyl sites for hydroxylation is 1. The summed E-state index contributed by atoms with van der Waals surface area (Å²) < 4.78 is 0. The molecule has 0 spiro atoms. The molecule has 0 unspecified atom stereocenters. The number of carbonyl (C=O) groups excluding carboxylic acids is 2. The molecule has 2 heterocycles. The van der Waals surface area contributed by atoms with Crippen LogP contribution in [0.5, 0.6) is 0 Å². The molecule has 0 bridgehead atoms. The Kier molecular flexibility index (Phi) is 5.64. The number of carbonyl (C=O) groups is 2. The summed E-state index contributed by atoms with van der Waals surface area (Å²) in [7, 11) is 0. The van der Waals surface area contributed by atoms with E-state index < -0.39 is 0 Å². The molecule has 1 atom stereocenters. The van der Waals surface area contributed by atoms with Crippen molar-refractivity contribution >= 4 is 23.2 Å². The molecule has 1 N–H and O–H groups in total. The Morgan fingerprint density at radius 1 is 1.21 bits per heavy atom. The first-order valence-corrected chi connectivity index (χ1v) is 9.25. The van der Waals surface area contributed by atoms with E-state index >= 15 is 0 Å². The van der Waals surface area contributed by atoms with Gasteiger partial charge in [0.2, 0.25) is 11.8 Å². The number of amides is 2. The van der Waals surface area contributed by atoms with Crippen LogP contribution in [-0.2, 0) is 16.0 Å². The Morgan fingerprint density at radius 3 is 2.71 bits per heavy atom. The fourth-order valence-electron chi connectivity index (χ4n) is 3.00. The van der Waals surface area contributed by atoms with Crippen LogP contribution in [0.2, 0.25) is 0 Å². The molecule has 0 aliphatic carbocycles. The summed E-state index contributed by atoms with van der Waals surface area (Å²) in [6.07, 6.45) is 2.76. The summed E-state index contributed by atoms with van der Waals surface area (Å²) in [6, 6.07) is 13.8. The van der Waals surface area contributed by atoms with Crippen LogP contribution in [-0.4, -0.2) is 29.8 Å². The molecule has 24 heavy (non-hydrogen) atoms. The maximum absolute atomic E-state index is 12.4. The van der Waals surface area contributed by atoms with Crippen LogP contribution >= 0.6 is 11.3 Å². The molecule has 1 aromatic heterocycles. The molecule has 1 fully saturated rings. The smallest absolute Gasteiger partial charge is 0.222 e. The predicted molar refractivity (Wildman–Crippen MR) is 95.8 cm³/mol. The van der Waals surface area contributed by atoms with Gasteiger partial charge in [-0.3, -0.25) is 9.59 Å². The maximum atomic E-state index is 12.4. The van der Waals surface area contributed by atoms with Gasteiger partial charge in [-0.1, -0.05) is 36.4 Å². The van der Waals surface area contributed by atoms with Crippen LogP contribution < -0.4 is 5.32 Å². The Labute approximate surface area is 146 Å². The van der Waals surface area contributed by atoms with Crippen molar-refractivity contribution in [1.82, 2.24) is 10.2 Å². The van der Waals surface area contributed by atoms with E-state index in [1.807, 2.05) is 46.7 Å². The first-order chi connectivity index (χ1) is 11.7. The van der Waals surface area contributed by atoms with Crippen LogP contribution in [0.15, 0.2) is 47.8 Å². The minimum Gasteiger partial charge on any atom is -0.347 e. The number of benzene rings is 1. The molecule has 0 radical (unpaired) electrons. The van der Waals surface area contributed by atoms with Gasteiger partial charge in [-0.2, -0.15) is 0 Å². The second-order valence-electron chi connectivity index (χ2n) is 6.05. The summed E-state index contributed by atoms with van der Waals surface area (Å²) in [5.41, 5.74) is 1.04. The summed E-state index contributed by atoms with van der Waals surface area (Å²) in [6.45, 7) is 1.33. The van der Waals surface area contributed by atoms with Crippen LogP contribution in [0.25, 0.3) is 0 Å². The summed E-state index contributed by atoms with van der Waals surface area (Å²) >= 11 is 1.67. The Hall–Kier alpha value is -2.14. The Bertz CT molecular complexity index is 670. The zero-order chi connectivity index (χ0) is 16.8. The van der Waals surface area contributed by atoms with Gasteiger partial charge in [0.15, 0.2) is 0 Å². The van der Waals surface area contributed by atoms with Crippen molar-refractivity contribution in [2.24, 2.45) is 0 Å². The zero-order valence-electron chi connectivity index (χ0n) is 13.6. The number of nitrogens with one attached hydrogen (secondary N) is 1. The highest BCUT2D eigenvalue weighted by molar-refractivity contribution is 7.09. The average Bonchev–Trinajstić information content (AvgIpc) is 3.25. The molecular formula is C19H22N2O2S. The summed E-state index contributed by atoms with van der Waals surface area (Å²) in [4.78, 5) is 27.4. The van der Waals surface area contributed by atoms with Crippen molar-refractivity contribution in [3.63, 3.8) is 0 Å². The summed E-state index contributed by atoms with van der Waals surface area (Å²) in [5.74, 6) is 0.215. The predicted octanol–water partition coefficient (Wildman–Crippen LogP) is 3.16. The molecule has 5 heteroatoms. The number of hydrogen-bond acceptors (Lipinski definition) is 3. The Balaban J connectivity index is 1.63. The van der Waals surface area contributed by atoms with E-state index in [-0.39, 0.29) is 17.9 Å². The van der Waals surface area contributed by atoms with Crippen molar-refractivity contribution in [2.45, 2.75) is 31.7 Å². The van der Waals surface area contributed by atoms with Crippen molar-refractivity contribution in [3.05, 3.63) is 58.3 Å². The van der Waals surface area contributed by atoms with Gasteiger partial charge >= 0.3 is 0 Å². The van der Waals surface area contributed by atoms with E-state index in [9.17, 15) is 9.59 Å². The third kappa shape index (κ3) is 4.45. The van der Waals surface area contributed by atoms with E-state index in [2.05, 4.69) is 11.4 Å². The summed E-state index contributed by atoms with van der Waals surface area (Å²) in [5, 5.41) is 5.14. The molecule has 1 aromatic carbocycles. The molecule has 3 rings (SSSR count). The Morgan fingerprint density at radius 2 is 2.04 bits per heavy atom. The molecule has 2 aromatic rings. The monoisotopic (exact) mass is 342 g/mol. The van der Waals surface area contributed by atoms with E-state index in [1.165, 1.54) is 4.88 Å². The van der Waals surface area contributed by atoms with Crippen molar-refractivity contribution in [1.29, 1.82) is 0 Å². The number of thiophene rings is 1. The molecule has 0 saturated carbocycles. The quantitative estimate of drug-likeness (QED) is 0.840. The highest BCUT2D eigenvalue weighted by Gasteiger charge is 2.25. The number of rotatable bonds is 7. The molecule has 2 amide bonds. The normalized spacial score (nSPS) is 15.5. The second-order valence-corrected chi connectivity index (χ2v) is 7.09. The standard InChI is InChI=1S/C19H22N2O2S/c22-18(11-10-16-8-5-13-24-16)20-17(15-6-2-1-3-7-15)14-21-12-4-9-19(21)23/h1-3,5-8,13,17H,4,9-12,14H2,(H,20,22)/t17-/m0/s1. The minimum absolute atomic E-state index is 0.0314. The van der Waals surface area contributed by atoms with Crippen LogP contribution in [0.1, 0.15) is 35.7 Å². The van der Waals surface area contributed by atoms with Gasteiger partial charge < -0.3 is 10.2 Å². The molecule has 1 saturated heterocycles. The molecule has 1 aliphatic heterocycles. The highest BCUT2D eigenvalue weighted by Crippen LogP contribution is 2.19. The minimum atomic E-state index is -0.149. The molecule has 126 valence electrons. The van der Waals surface area contributed by atoms with Gasteiger partial charge in [0.25, 0.3) is 0 Å². The molecule has 1 aliphatic rings. The van der Waals surface area contributed by atoms with Gasteiger partial charge in [0.1, 0.15) is 0 Å². The van der Waals surface area contributed by atoms with E-state index in [0.717, 1.165) is 24.9 Å². The van der Waals surface area contributed by atoms with Crippen LogP contribution in [0.3, 0.4) is 0 Å². The van der Waals surface area contributed by atoms with Crippen LogP contribution in [0.4, 0.5) is 0 Å². The fraction of sp³-hybridized carbons (Fsp3) is 0.368. The lowest BCUT2D eigenvalue weighted by molar-refractivity contribution is -0.129. The SMILES string of the molecule is O=C(CCc1cccs1)N[C@@H](CN1CCCC1=O)c1ccccc1. The zero-order valence-corrected chi connectivity index (χ0v) is 14.4. The largest absolute Gasteiger partial charge is 0.347 e. The van der Waals surface area contributed by atoms with Gasteiger partial charge in [-0.25, -0.2) is 0 Å². The van der Waals surface area contributed by atoms with Gasteiger partial charge in [-0.05, 0) is 29.9 Å². The van der Waals surface area contributed by atoms with E-state index in [1.54, 1.807) is 11.3 Å².